The fourth-order valence-corrected chi connectivity index (χ4v) is 4.88. The minimum Gasteiger partial charge on any atom is -0.489 e. The van der Waals surface area contributed by atoms with Crippen LogP contribution in [0.15, 0.2) is 30.3 Å². The Kier molecular flexibility index (Phi) is 12.7. The molecule has 0 aliphatic heterocycles. The number of para-hydroxylation sites is 1. The molecule has 0 saturated carbocycles. The predicted molar refractivity (Wildman–Crippen MR) is 154 cm³/mol. The van der Waals surface area contributed by atoms with E-state index in [9.17, 15) is 9.59 Å². The standard InChI is InChI=1S/C29H37Cl2NO5.ClH/c1-6-14-32(15-16-35-27-23(30)8-7-9-24(27)31)21-11-12-22-20(17-21)10-13-25(36-28(33)18(2)3)26(22)37-29(34)19(4)5;/h7-10,13,18-19,21H,6,11-12,14-17H2,1-5H3;1H. The first-order valence-electron chi connectivity index (χ1n) is 13.0. The molecule has 9 heteroatoms. The molecule has 0 fully saturated rings. The Bertz CT molecular complexity index is 1090. The number of hydrogen-bond donors (Lipinski definition) is 0. The van der Waals surface area contributed by atoms with Crippen molar-refractivity contribution < 1.29 is 23.8 Å². The quantitative estimate of drug-likeness (QED) is 0.205. The molecule has 38 heavy (non-hydrogen) atoms. The molecule has 0 amide bonds. The summed E-state index contributed by atoms with van der Waals surface area (Å²) in [5.74, 6) is -0.102. The number of hydrogen-bond acceptors (Lipinski definition) is 6. The summed E-state index contributed by atoms with van der Waals surface area (Å²) in [6, 6.07) is 9.36. The lowest BCUT2D eigenvalue weighted by Gasteiger charge is -2.35. The Morgan fingerprint density at radius 3 is 2.18 bits per heavy atom. The van der Waals surface area contributed by atoms with Gasteiger partial charge in [0, 0.05) is 18.2 Å². The number of halogens is 3. The zero-order valence-electron chi connectivity index (χ0n) is 22.7. The molecule has 210 valence electrons. The van der Waals surface area contributed by atoms with Gasteiger partial charge >= 0.3 is 11.9 Å². The molecule has 0 N–H and O–H groups in total. The van der Waals surface area contributed by atoms with Crippen LogP contribution in [0.25, 0.3) is 0 Å². The predicted octanol–water partition coefficient (Wildman–Crippen LogP) is 7.19. The van der Waals surface area contributed by atoms with Crippen LogP contribution < -0.4 is 14.2 Å². The zero-order valence-corrected chi connectivity index (χ0v) is 25.0. The van der Waals surface area contributed by atoms with E-state index < -0.39 is 0 Å². The summed E-state index contributed by atoms with van der Waals surface area (Å²) < 4.78 is 17.4. The SMILES string of the molecule is CCCN(CCOc1c(Cl)cccc1Cl)C1CCc2c(ccc(OC(=O)C(C)C)c2OC(=O)C(C)C)C1.Cl. The summed E-state index contributed by atoms with van der Waals surface area (Å²) in [7, 11) is 0. The van der Waals surface area contributed by atoms with E-state index >= 15 is 0 Å². The summed E-state index contributed by atoms with van der Waals surface area (Å²) >= 11 is 12.5. The number of nitrogens with zero attached hydrogens (tertiary/aromatic N) is 1. The van der Waals surface area contributed by atoms with Gasteiger partial charge in [0.2, 0.25) is 0 Å². The first kappa shape index (κ1) is 32.2. The minimum absolute atomic E-state index is 0. The van der Waals surface area contributed by atoms with E-state index in [1.165, 1.54) is 0 Å². The van der Waals surface area contributed by atoms with Gasteiger partial charge in [-0.3, -0.25) is 14.5 Å². The number of carbonyl (C=O) groups excluding carboxylic acids is 2. The lowest BCUT2D eigenvalue weighted by molar-refractivity contribution is -0.140. The van der Waals surface area contributed by atoms with Crippen molar-refractivity contribution in [3.05, 3.63) is 51.5 Å². The molecule has 1 unspecified atom stereocenters. The van der Waals surface area contributed by atoms with E-state index in [-0.39, 0.29) is 36.2 Å². The van der Waals surface area contributed by atoms with Gasteiger partial charge in [0.25, 0.3) is 0 Å². The fraction of sp³-hybridized carbons (Fsp3) is 0.517. The summed E-state index contributed by atoms with van der Waals surface area (Å²) in [4.78, 5) is 27.3. The number of esters is 2. The summed E-state index contributed by atoms with van der Waals surface area (Å²) in [5, 5.41) is 0.997. The summed E-state index contributed by atoms with van der Waals surface area (Å²) in [6.45, 7) is 11.4. The minimum atomic E-state index is -0.358. The number of carbonyl (C=O) groups is 2. The monoisotopic (exact) mass is 585 g/mol. The Balaban J connectivity index is 0.00000507. The van der Waals surface area contributed by atoms with Crippen molar-refractivity contribution in [3.63, 3.8) is 0 Å². The lowest BCUT2D eigenvalue weighted by atomic mass is 9.86. The highest BCUT2D eigenvalue weighted by atomic mass is 35.5. The summed E-state index contributed by atoms with van der Waals surface area (Å²) in [5.41, 5.74) is 2.04. The number of fused-ring (bicyclic) bond motifs is 1. The molecular weight excluding hydrogens is 549 g/mol. The van der Waals surface area contributed by atoms with Gasteiger partial charge in [-0.15, -0.1) is 12.4 Å². The topological polar surface area (TPSA) is 65.1 Å². The molecule has 2 aromatic rings. The van der Waals surface area contributed by atoms with Gasteiger partial charge in [-0.1, -0.05) is 70.0 Å². The van der Waals surface area contributed by atoms with Gasteiger partial charge in [0.15, 0.2) is 17.2 Å². The highest BCUT2D eigenvalue weighted by Gasteiger charge is 2.29. The summed E-state index contributed by atoms with van der Waals surface area (Å²) in [6.07, 6.45) is 3.41. The second-order valence-electron chi connectivity index (χ2n) is 10.0. The number of benzene rings is 2. The molecule has 0 bridgehead atoms. The maximum Gasteiger partial charge on any atom is 0.313 e. The van der Waals surface area contributed by atoms with E-state index in [0.717, 1.165) is 43.5 Å². The maximum atomic E-state index is 12.5. The van der Waals surface area contributed by atoms with Gasteiger partial charge < -0.3 is 14.2 Å². The maximum absolute atomic E-state index is 12.5. The third-order valence-electron chi connectivity index (χ3n) is 6.43. The van der Waals surface area contributed by atoms with Gasteiger partial charge in [-0.2, -0.15) is 0 Å². The van der Waals surface area contributed by atoms with E-state index in [0.29, 0.717) is 46.4 Å². The van der Waals surface area contributed by atoms with Crippen LogP contribution in [0.1, 0.15) is 58.6 Å². The molecule has 3 rings (SSSR count). The lowest BCUT2D eigenvalue weighted by Crippen LogP contribution is -2.42. The van der Waals surface area contributed by atoms with E-state index in [4.69, 9.17) is 37.4 Å². The van der Waals surface area contributed by atoms with E-state index in [1.54, 1.807) is 52.0 Å². The van der Waals surface area contributed by atoms with E-state index in [1.807, 2.05) is 6.07 Å². The average molecular weight is 587 g/mol. The molecular formula is C29H38Cl3NO5. The fourth-order valence-electron chi connectivity index (χ4n) is 4.38. The Morgan fingerprint density at radius 2 is 1.58 bits per heavy atom. The van der Waals surface area contributed by atoms with Crippen molar-refractivity contribution in [2.24, 2.45) is 11.8 Å². The molecule has 0 heterocycles. The van der Waals surface area contributed by atoms with Crippen molar-refractivity contribution in [1.29, 1.82) is 0 Å². The molecule has 2 aromatic carbocycles. The van der Waals surface area contributed by atoms with Crippen LogP contribution in [0.2, 0.25) is 10.0 Å². The van der Waals surface area contributed by atoms with Gasteiger partial charge in [0.1, 0.15) is 6.61 Å². The Morgan fingerprint density at radius 1 is 0.947 bits per heavy atom. The third kappa shape index (κ3) is 8.25. The molecule has 0 aromatic heterocycles. The first-order chi connectivity index (χ1) is 17.6. The van der Waals surface area contributed by atoms with Crippen LogP contribution in [0.3, 0.4) is 0 Å². The molecule has 0 saturated heterocycles. The molecule has 0 radical (unpaired) electrons. The van der Waals surface area contributed by atoms with Crippen LogP contribution in [-0.2, 0) is 22.4 Å². The normalized spacial score (nSPS) is 14.7. The van der Waals surface area contributed by atoms with Crippen molar-refractivity contribution >= 4 is 47.5 Å². The highest BCUT2D eigenvalue weighted by molar-refractivity contribution is 6.37. The average Bonchev–Trinajstić information content (AvgIpc) is 2.85. The van der Waals surface area contributed by atoms with Crippen LogP contribution in [-0.4, -0.2) is 42.6 Å². The highest BCUT2D eigenvalue weighted by Crippen LogP contribution is 2.39. The smallest absolute Gasteiger partial charge is 0.313 e. The molecule has 1 aliphatic carbocycles. The molecule has 6 nitrogen and oxygen atoms in total. The second kappa shape index (κ2) is 15.0. The van der Waals surface area contributed by atoms with E-state index in [2.05, 4.69) is 11.8 Å². The zero-order chi connectivity index (χ0) is 27.1. The van der Waals surface area contributed by atoms with Crippen molar-refractivity contribution in [2.75, 3.05) is 19.7 Å². The third-order valence-corrected chi connectivity index (χ3v) is 7.03. The molecule has 1 aliphatic rings. The van der Waals surface area contributed by atoms with Crippen molar-refractivity contribution in [2.45, 2.75) is 66.3 Å². The van der Waals surface area contributed by atoms with Crippen molar-refractivity contribution in [3.8, 4) is 17.2 Å². The Hall–Kier alpha value is -1.99. The van der Waals surface area contributed by atoms with Gasteiger partial charge in [-0.25, -0.2) is 0 Å². The van der Waals surface area contributed by atoms with Gasteiger partial charge in [-0.05, 0) is 56.0 Å². The first-order valence-corrected chi connectivity index (χ1v) is 13.8. The van der Waals surface area contributed by atoms with Crippen LogP contribution in [0.4, 0.5) is 0 Å². The van der Waals surface area contributed by atoms with Crippen LogP contribution in [0, 0.1) is 11.8 Å². The molecule has 0 spiro atoms. The van der Waals surface area contributed by atoms with Gasteiger partial charge in [0.05, 0.1) is 21.9 Å². The number of rotatable bonds is 11. The second-order valence-corrected chi connectivity index (χ2v) is 10.8. The van der Waals surface area contributed by atoms with Crippen molar-refractivity contribution in [1.82, 2.24) is 4.90 Å². The van der Waals surface area contributed by atoms with Crippen LogP contribution >= 0.6 is 35.6 Å². The largest absolute Gasteiger partial charge is 0.489 e. The van der Waals surface area contributed by atoms with Crippen LogP contribution in [0.5, 0.6) is 17.2 Å². The Labute approximate surface area is 242 Å². The number of ether oxygens (including phenoxy) is 3. The molecule has 1 atom stereocenters.